The molecule has 33 heavy (non-hydrogen) atoms. The minimum atomic E-state index is -0.429. The van der Waals surface area contributed by atoms with Gasteiger partial charge in [-0.15, -0.1) is 0 Å². The summed E-state index contributed by atoms with van der Waals surface area (Å²) < 4.78 is 12.0. The molecule has 0 radical (unpaired) electrons. The van der Waals surface area contributed by atoms with Crippen LogP contribution < -0.4 is 9.64 Å². The third-order valence-corrected chi connectivity index (χ3v) is 7.59. The Hall–Kier alpha value is -2.61. The standard InChI is InChI=1S/C26H32N4O3/c31-23-12-18-15-29(17-20-14-28-26-21(20)4-3-7-27-26)16-19(18)13-25(23)33-24-6-2-1-5-22(24)30-8-10-32-11-9-30/h1-7,14,18-19,23,25,31H,8-13,15-17H2,(H,27,28)/t18-,19+,23+,25+/m0/s1. The van der Waals surface area contributed by atoms with E-state index in [1.807, 2.05) is 24.4 Å². The number of nitrogens with zero attached hydrogens (tertiary/aromatic N) is 3. The van der Waals surface area contributed by atoms with E-state index >= 15 is 0 Å². The van der Waals surface area contributed by atoms with Gasteiger partial charge in [0.05, 0.1) is 25.0 Å². The number of rotatable bonds is 5. The van der Waals surface area contributed by atoms with Crippen molar-refractivity contribution in [3.8, 4) is 5.75 Å². The second-order valence-corrected chi connectivity index (χ2v) is 9.69. The molecular formula is C26H32N4O3. The van der Waals surface area contributed by atoms with Crippen LogP contribution in [0.5, 0.6) is 5.75 Å². The lowest BCUT2D eigenvalue weighted by molar-refractivity contribution is -0.0230. The molecule has 1 aromatic carbocycles. The highest BCUT2D eigenvalue weighted by Crippen LogP contribution is 2.40. The number of morpholine rings is 1. The molecule has 1 aliphatic carbocycles. The van der Waals surface area contributed by atoms with E-state index in [1.165, 1.54) is 10.9 Å². The van der Waals surface area contributed by atoms with Gasteiger partial charge in [0, 0.05) is 50.5 Å². The highest BCUT2D eigenvalue weighted by Gasteiger charge is 2.43. The number of nitrogens with one attached hydrogen (secondary N) is 1. The lowest BCUT2D eigenvalue weighted by Crippen LogP contribution is -2.42. The summed E-state index contributed by atoms with van der Waals surface area (Å²) in [6.45, 7) is 6.23. The summed E-state index contributed by atoms with van der Waals surface area (Å²) in [6, 6.07) is 12.4. The first-order chi connectivity index (χ1) is 16.2. The molecular weight excluding hydrogens is 416 g/mol. The van der Waals surface area contributed by atoms with Gasteiger partial charge < -0.3 is 24.5 Å². The van der Waals surface area contributed by atoms with Crippen molar-refractivity contribution >= 4 is 16.7 Å². The van der Waals surface area contributed by atoms with Crippen molar-refractivity contribution in [2.24, 2.45) is 11.8 Å². The minimum Gasteiger partial charge on any atom is -0.486 e. The Labute approximate surface area is 194 Å². The average molecular weight is 449 g/mol. The normalized spacial score (nSPS) is 28.2. The number of para-hydroxylation sites is 2. The molecule has 174 valence electrons. The van der Waals surface area contributed by atoms with Crippen molar-refractivity contribution in [1.82, 2.24) is 14.9 Å². The summed E-state index contributed by atoms with van der Waals surface area (Å²) in [6.07, 6.45) is 5.03. The molecule has 2 saturated heterocycles. The van der Waals surface area contributed by atoms with Crippen molar-refractivity contribution in [2.75, 3.05) is 44.3 Å². The zero-order chi connectivity index (χ0) is 22.2. The second kappa shape index (κ2) is 8.97. The van der Waals surface area contributed by atoms with E-state index in [2.05, 4.69) is 44.2 Å². The van der Waals surface area contributed by atoms with Gasteiger partial charge in [0.15, 0.2) is 0 Å². The summed E-state index contributed by atoms with van der Waals surface area (Å²) in [5.41, 5.74) is 3.35. The SMILES string of the molecule is O[C@@H]1C[C@H]2CN(Cc3c[nH]c4ncccc34)C[C@H]2C[C@H]1Oc1ccccc1N1CCOCC1. The predicted molar refractivity (Wildman–Crippen MR) is 127 cm³/mol. The molecule has 7 nitrogen and oxygen atoms in total. The maximum absolute atomic E-state index is 11.0. The minimum absolute atomic E-state index is 0.161. The number of aromatic amines is 1. The topological polar surface area (TPSA) is 73.8 Å². The fourth-order valence-electron chi connectivity index (χ4n) is 5.91. The molecule has 2 aromatic heterocycles. The van der Waals surface area contributed by atoms with Gasteiger partial charge in [-0.1, -0.05) is 12.1 Å². The van der Waals surface area contributed by atoms with Gasteiger partial charge in [-0.2, -0.15) is 0 Å². The van der Waals surface area contributed by atoms with Gasteiger partial charge in [0.1, 0.15) is 17.5 Å². The zero-order valence-corrected chi connectivity index (χ0v) is 18.9. The number of aromatic nitrogens is 2. The summed E-state index contributed by atoms with van der Waals surface area (Å²) >= 11 is 0. The third-order valence-electron chi connectivity index (χ3n) is 7.59. The number of likely N-dealkylation sites (tertiary alicyclic amines) is 1. The molecule has 4 heterocycles. The first-order valence-electron chi connectivity index (χ1n) is 12.1. The van der Waals surface area contributed by atoms with Crippen LogP contribution in [-0.4, -0.2) is 71.6 Å². The number of anilines is 1. The Morgan fingerprint density at radius 2 is 1.88 bits per heavy atom. The van der Waals surface area contributed by atoms with E-state index in [-0.39, 0.29) is 6.10 Å². The monoisotopic (exact) mass is 448 g/mol. The number of hydrogen-bond acceptors (Lipinski definition) is 6. The van der Waals surface area contributed by atoms with Crippen LogP contribution in [0.3, 0.4) is 0 Å². The lowest BCUT2D eigenvalue weighted by atomic mass is 9.78. The number of hydrogen-bond donors (Lipinski definition) is 2. The van der Waals surface area contributed by atoms with Crippen LogP contribution >= 0.6 is 0 Å². The molecule has 0 spiro atoms. The Kier molecular flexibility index (Phi) is 5.70. The van der Waals surface area contributed by atoms with E-state index in [0.29, 0.717) is 11.8 Å². The van der Waals surface area contributed by atoms with Crippen LogP contribution in [-0.2, 0) is 11.3 Å². The predicted octanol–water partition coefficient (Wildman–Crippen LogP) is 3.05. The van der Waals surface area contributed by atoms with Gasteiger partial charge in [0.2, 0.25) is 0 Å². The molecule has 2 aliphatic heterocycles. The van der Waals surface area contributed by atoms with Gasteiger partial charge >= 0.3 is 0 Å². The van der Waals surface area contributed by atoms with Crippen molar-refractivity contribution in [3.63, 3.8) is 0 Å². The van der Waals surface area contributed by atoms with Crippen molar-refractivity contribution in [3.05, 3.63) is 54.4 Å². The highest BCUT2D eigenvalue weighted by molar-refractivity contribution is 5.79. The Morgan fingerprint density at radius 3 is 2.76 bits per heavy atom. The van der Waals surface area contributed by atoms with Crippen molar-refractivity contribution < 1.29 is 14.6 Å². The Morgan fingerprint density at radius 1 is 1.06 bits per heavy atom. The summed E-state index contributed by atoms with van der Waals surface area (Å²) in [7, 11) is 0. The molecule has 3 aromatic rings. The van der Waals surface area contributed by atoms with Gasteiger partial charge in [0.25, 0.3) is 0 Å². The largest absolute Gasteiger partial charge is 0.486 e. The van der Waals surface area contributed by atoms with Gasteiger partial charge in [-0.25, -0.2) is 4.98 Å². The fourth-order valence-corrected chi connectivity index (χ4v) is 5.91. The van der Waals surface area contributed by atoms with Crippen LogP contribution in [0.1, 0.15) is 18.4 Å². The molecule has 3 fully saturated rings. The molecule has 4 atom stereocenters. The van der Waals surface area contributed by atoms with E-state index in [0.717, 1.165) is 75.9 Å². The van der Waals surface area contributed by atoms with Gasteiger partial charge in [-0.05, 0) is 54.5 Å². The molecule has 2 N–H and O–H groups in total. The third kappa shape index (κ3) is 4.21. The van der Waals surface area contributed by atoms with Gasteiger partial charge in [-0.3, -0.25) is 4.90 Å². The maximum Gasteiger partial charge on any atom is 0.143 e. The number of ether oxygens (including phenoxy) is 2. The van der Waals surface area contributed by atoms with Crippen molar-refractivity contribution in [1.29, 1.82) is 0 Å². The summed E-state index contributed by atoms with van der Waals surface area (Å²) in [5, 5.41) is 12.2. The number of H-pyrrole nitrogens is 1. The molecule has 3 aliphatic rings. The second-order valence-electron chi connectivity index (χ2n) is 9.69. The number of benzene rings is 1. The summed E-state index contributed by atoms with van der Waals surface area (Å²) in [5.74, 6) is 1.96. The first kappa shape index (κ1) is 21.0. The molecule has 0 amide bonds. The first-order valence-corrected chi connectivity index (χ1v) is 12.1. The zero-order valence-electron chi connectivity index (χ0n) is 18.9. The van der Waals surface area contributed by atoms with E-state index in [4.69, 9.17) is 9.47 Å². The van der Waals surface area contributed by atoms with Crippen LogP contribution in [0, 0.1) is 11.8 Å². The number of fused-ring (bicyclic) bond motifs is 2. The van der Waals surface area contributed by atoms with E-state index in [1.54, 1.807) is 0 Å². The molecule has 1 saturated carbocycles. The molecule has 0 bridgehead atoms. The highest BCUT2D eigenvalue weighted by atomic mass is 16.5. The average Bonchev–Trinajstić information content (AvgIpc) is 3.44. The van der Waals surface area contributed by atoms with Crippen molar-refractivity contribution in [2.45, 2.75) is 31.6 Å². The number of pyridine rings is 1. The molecule has 6 rings (SSSR count). The van der Waals surface area contributed by atoms with Crippen LogP contribution in [0.15, 0.2) is 48.8 Å². The van der Waals surface area contributed by atoms with E-state index < -0.39 is 6.10 Å². The van der Waals surface area contributed by atoms with Crippen LogP contribution in [0.2, 0.25) is 0 Å². The van der Waals surface area contributed by atoms with Crippen LogP contribution in [0.25, 0.3) is 11.0 Å². The molecule has 7 heteroatoms. The quantitative estimate of drug-likeness (QED) is 0.625. The summed E-state index contributed by atoms with van der Waals surface area (Å²) in [4.78, 5) is 12.6. The lowest BCUT2D eigenvalue weighted by Gasteiger charge is -2.37. The van der Waals surface area contributed by atoms with E-state index in [9.17, 15) is 5.11 Å². The fraction of sp³-hybridized carbons (Fsp3) is 0.500. The Balaban J connectivity index is 1.13. The molecule has 0 unspecified atom stereocenters. The maximum atomic E-state index is 11.0. The number of aliphatic hydroxyl groups excluding tert-OH is 1. The Bertz CT molecular complexity index is 1100. The van der Waals surface area contributed by atoms with Crippen LogP contribution in [0.4, 0.5) is 5.69 Å². The number of aliphatic hydroxyl groups is 1. The smallest absolute Gasteiger partial charge is 0.143 e.